The second-order valence-corrected chi connectivity index (χ2v) is 6.76. The highest BCUT2D eigenvalue weighted by Gasteiger charge is 2.17. The van der Waals surface area contributed by atoms with Crippen molar-refractivity contribution >= 4 is 16.8 Å². The molecule has 0 saturated carbocycles. The molecule has 27 heavy (non-hydrogen) atoms. The van der Waals surface area contributed by atoms with Gasteiger partial charge in [-0.25, -0.2) is 4.98 Å². The Hall–Kier alpha value is -2.93. The quantitative estimate of drug-likeness (QED) is 0.691. The molecule has 1 aromatic carbocycles. The molecule has 1 unspecified atom stereocenters. The third kappa shape index (κ3) is 4.25. The lowest BCUT2D eigenvalue weighted by atomic mass is 10.1. The summed E-state index contributed by atoms with van der Waals surface area (Å²) in [6, 6.07) is 9.20. The molecule has 1 atom stereocenters. The molecule has 3 aromatic rings. The van der Waals surface area contributed by atoms with E-state index in [0.717, 1.165) is 11.3 Å². The van der Waals surface area contributed by atoms with E-state index in [4.69, 9.17) is 4.42 Å². The maximum Gasteiger partial charge on any atom is 0.261 e. The molecule has 142 valence electrons. The van der Waals surface area contributed by atoms with Gasteiger partial charge in [0.25, 0.3) is 5.56 Å². The fourth-order valence-corrected chi connectivity index (χ4v) is 3.04. The maximum absolute atomic E-state index is 12.6. The van der Waals surface area contributed by atoms with Crippen LogP contribution >= 0.6 is 0 Å². The zero-order valence-corrected chi connectivity index (χ0v) is 15.8. The third-order valence-corrected chi connectivity index (χ3v) is 4.62. The van der Waals surface area contributed by atoms with E-state index < -0.39 is 0 Å². The number of rotatable bonds is 7. The van der Waals surface area contributed by atoms with Crippen molar-refractivity contribution in [3.05, 3.63) is 64.6 Å². The summed E-state index contributed by atoms with van der Waals surface area (Å²) in [5, 5.41) is 3.48. The summed E-state index contributed by atoms with van der Waals surface area (Å²) in [6.45, 7) is 2.64. The van der Waals surface area contributed by atoms with E-state index in [1.807, 2.05) is 50.2 Å². The molecule has 7 heteroatoms. The van der Waals surface area contributed by atoms with Crippen molar-refractivity contribution in [2.24, 2.45) is 0 Å². The monoisotopic (exact) mass is 368 g/mol. The van der Waals surface area contributed by atoms with E-state index in [1.165, 1.54) is 10.9 Å². The standard InChI is InChI=1S/C20H24N4O3/c1-14-6-4-7-15-19(14)22-13-24(20(15)26)10-9-18(25)21-12-16(23(2)3)17-8-5-11-27-17/h4-8,11,13,16H,9-10,12H2,1-3H3,(H,21,25). The first-order valence-electron chi connectivity index (χ1n) is 8.88. The van der Waals surface area contributed by atoms with E-state index in [0.29, 0.717) is 17.4 Å². The Kier molecular flexibility index (Phi) is 5.71. The molecular formula is C20H24N4O3. The van der Waals surface area contributed by atoms with Crippen molar-refractivity contribution in [1.82, 2.24) is 19.8 Å². The lowest BCUT2D eigenvalue weighted by Crippen LogP contribution is -2.35. The van der Waals surface area contributed by atoms with Crippen LogP contribution in [0.25, 0.3) is 10.9 Å². The van der Waals surface area contributed by atoms with Gasteiger partial charge in [0.05, 0.1) is 29.5 Å². The molecule has 0 aliphatic carbocycles. The Morgan fingerprint density at radius 3 is 2.81 bits per heavy atom. The van der Waals surface area contributed by atoms with Crippen LogP contribution in [-0.2, 0) is 11.3 Å². The molecule has 0 spiro atoms. The van der Waals surface area contributed by atoms with Gasteiger partial charge in [-0.3, -0.25) is 19.1 Å². The molecule has 0 saturated heterocycles. The predicted octanol–water partition coefficient (Wildman–Crippen LogP) is 2.11. The number of nitrogens with zero attached hydrogens (tertiary/aromatic N) is 3. The fourth-order valence-electron chi connectivity index (χ4n) is 3.04. The zero-order valence-electron chi connectivity index (χ0n) is 15.8. The van der Waals surface area contributed by atoms with Gasteiger partial charge in [-0.1, -0.05) is 12.1 Å². The summed E-state index contributed by atoms with van der Waals surface area (Å²) in [6.07, 6.45) is 3.34. The highest BCUT2D eigenvalue weighted by molar-refractivity contribution is 5.80. The van der Waals surface area contributed by atoms with Gasteiger partial charge in [-0.05, 0) is 44.8 Å². The number of hydrogen-bond donors (Lipinski definition) is 1. The minimum atomic E-state index is -0.127. The Bertz CT molecular complexity index is 977. The molecule has 2 heterocycles. The molecule has 0 bridgehead atoms. The van der Waals surface area contributed by atoms with Crippen molar-refractivity contribution in [2.75, 3.05) is 20.6 Å². The summed E-state index contributed by atoms with van der Waals surface area (Å²) in [5.41, 5.74) is 1.54. The number of fused-ring (bicyclic) bond motifs is 1. The van der Waals surface area contributed by atoms with Crippen molar-refractivity contribution in [3.63, 3.8) is 0 Å². The van der Waals surface area contributed by atoms with E-state index in [1.54, 1.807) is 12.3 Å². The van der Waals surface area contributed by atoms with Crippen molar-refractivity contribution in [1.29, 1.82) is 0 Å². The van der Waals surface area contributed by atoms with Crippen LogP contribution in [-0.4, -0.2) is 41.0 Å². The van der Waals surface area contributed by atoms with Gasteiger partial charge >= 0.3 is 0 Å². The van der Waals surface area contributed by atoms with Gasteiger partial charge in [-0.2, -0.15) is 0 Å². The first kappa shape index (κ1) is 18.8. The molecule has 0 radical (unpaired) electrons. The number of furan rings is 1. The number of likely N-dealkylation sites (N-methyl/N-ethyl adjacent to an activating group) is 1. The fraction of sp³-hybridized carbons (Fsp3) is 0.350. The molecular weight excluding hydrogens is 344 g/mol. The minimum absolute atomic E-state index is 0.0445. The maximum atomic E-state index is 12.6. The lowest BCUT2D eigenvalue weighted by molar-refractivity contribution is -0.121. The number of aromatic nitrogens is 2. The van der Waals surface area contributed by atoms with Crippen LogP contribution in [0.4, 0.5) is 0 Å². The molecule has 0 fully saturated rings. The Labute approximate surface area is 157 Å². The van der Waals surface area contributed by atoms with E-state index in [2.05, 4.69) is 10.3 Å². The smallest absolute Gasteiger partial charge is 0.261 e. The number of nitrogens with one attached hydrogen (secondary N) is 1. The molecule has 1 N–H and O–H groups in total. The van der Waals surface area contributed by atoms with Gasteiger partial charge in [0, 0.05) is 19.5 Å². The van der Waals surface area contributed by atoms with Crippen LogP contribution in [0.5, 0.6) is 0 Å². The second kappa shape index (κ2) is 8.18. The van der Waals surface area contributed by atoms with Crippen LogP contribution in [0.3, 0.4) is 0 Å². The van der Waals surface area contributed by atoms with Crippen LogP contribution in [0.1, 0.15) is 23.8 Å². The predicted molar refractivity (Wildman–Crippen MR) is 104 cm³/mol. The number of hydrogen-bond acceptors (Lipinski definition) is 5. The summed E-state index contributed by atoms with van der Waals surface area (Å²) in [5.74, 6) is 0.676. The highest BCUT2D eigenvalue weighted by Crippen LogP contribution is 2.17. The average molecular weight is 368 g/mol. The van der Waals surface area contributed by atoms with E-state index in [9.17, 15) is 9.59 Å². The van der Waals surface area contributed by atoms with Gasteiger partial charge in [0.15, 0.2) is 0 Å². The summed E-state index contributed by atoms with van der Waals surface area (Å²) >= 11 is 0. The highest BCUT2D eigenvalue weighted by atomic mass is 16.3. The van der Waals surface area contributed by atoms with Crippen LogP contribution in [0.15, 0.2) is 52.1 Å². The SMILES string of the molecule is Cc1cccc2c(=O)n(CCC(=O)NCC(c3ccco3)N(C)C)cnc12. The van der Waals surface area contributed by atoms with Crippen molar-refractivity contribution < 1.29 is 9.21 Å². The van der Waals surface area contributed by atoms with Crippen molar-refractivity contribution in [2.45, 2.75) is 25.9 Å². The number of benzene rings is 1. The zero-order chi connectivity index (χ0) is 19.4. The summed E-state index contributed by atoms with van der Waals surface area (Å²) < 4.78 is 6.92. The molecule has 1 amide bonds. The average Bonchev–Trinajstić information content (AvgIpc) is 3.16. The Morgan fingerprint density at radius 2 is 2.11 bits per heavy atom. The Morgan fingerprint density at radius 1 is 1.30 bits per heavy atom. The molecule has 0 aliphatic heterocycles. The number of carbonyl (C=O) groups excluding carboxylic acids is 1. The summed E-state index contributed by atoms with van der Waals surface area (Å²) in [7, 11) is 3.86. The largest absolute Gasteiger partial charge is 0.468 e. The topological polar surface area (TPSA) is 80.4 Å². The first-order chi connectivity index (χ1) is 13.0. The van der Waals surface area contributed by atoms with E-state index in [-0.39, 0.29) is 30.5 Å². The number of amides is 1. The van der Waals surface area contributed by atoms with Crippen molar-refractivity contribution in [3.8, 4) is 0 Å². The van der Waals surface area contributed by atoms with Crippen LogP contribution < -0.4 is 10.9 Å². The minimum Gasteiger partial charge on any atom is -0.468 e. The first-order valence-corrected chi connectivity index (χ1v) is 8.88. The third-order valence-electron chi connectivity index (χ3n) is 4.62. The Balaban J connectivity index is 1.62. The van der Waals surface area contributed by atoms with Gasteiger partial charge < -0.3 is 9.73 Å². The number of aryl methyl sites for hydroxylation is 2. The molecule has 0 aliphatic rings. The normalized spacial score (nSPS) is 12.4. The van der Waals surface area contributed by atoms with Crippen LogP contribution in [0, 0.1) is 6.92 Å². The van der Waals surface area contributed by atoms with E-state index >= 15 is 0 Å². The number of carbonyl (C=O) groups is 1. The molecule has 3 rings (SSSR count). The molecule has 2 aromatic heterocycles. The number of para-hydroxylation sites is 1. The lowest BCUT2D eigenvalue weighted by Gasteiger charge is -2.22. The molecule has 7 nitrogen and oxygen atoms in total. The van der Waals surface area contributed by atoms with Gasteiger partial charge in [0.1, 0.15) is 5.76 Å². The second-order valence-electron chi connectivity index (χ2n) is 6.76. The van der Waals surface area contributed by atoms with Gasteiger partial charge in [-0.15, -0.1) is 0 Å². The summed E-state index contributed by atoms with van der Waals surface area (Å²) in [4.78, 5) is 31.2. The van der Waals surface area contributed by atoms with Gasteiger partial charge in [0.2, 0.25) is 5.91 Å². The van der Waals surface area contributed by atoms with Crippen LogP contribution in [0.2, 0.25) is 0 Å².